The fourth-order valence-electron chi connectivity index (χ4n) is 2.55. The van der Waals surface area contributed by atoms with E-state index in [0.29, 0.717) is 23.9 Å². The van der Waals surface area contributed by atoms with Crippen molar-refractivity contribution in [3.05, 3.63) is 45.4 Å². The largest absolute Gasteiger partial charge is 0.357 e. The third kappa shape index (κ3) is 5.76. The smallest absolute Gasteiger partial charge is 0.240 e. The molecule has 1 aliphatic carbocycles. The van der Waals surface area contributed by atoms with E-state index in [1.54, 1.807) is 23.5 Å². The summed E-state index contributed by atoms with van der Waals surface area (Å²) >= 11 is 1.68. The number of hydrogen-bond donors (Lipinski definition) is 3. The first kappa shape index (κ1) is 20.8. The monoisotopic (exact) mass is 421 g/mol. The number of aromatic nitrogens is 1. The predicted molar refractivity (Wildman–Crippen MR) is 113 cm³/mol. The zero-order valence-electron chi connectivity index (χ0n) is 16.4. The summed E-state index contributed by atoms with van der Waals surface area (Å²) < 4.78 is 27.1. The van der Waals surface area contributed by atoms with Crippen LogP contribution in [0.1, 0.15) is 40.9 Å². The van der Waals surface area contributed by atoms with Crippen LogP contribution in [0, 0.1) is 13.8 Å². The van der Waals surface area contributed by atoms with Crippen LogP contribution in [0.2, 0.25) is 0 Å². The van der Waals surface area contributed by atoms with Crippen LogP contribution in [0.15, 0.2) is 34.2 Å². The number of aryl methyl sites for hydroxylation is 2. The van der Waals surface area contributed by atoms with Gasteiger partial charge in [0.2, 0.25) is 10.0 Å². The molecule has 7 nitrogen and oxygen atoms in total. The van der Waals surface area contributed by atoms with Crippen LogP contribution in [-0.2, 0) is 23.1 Å². The Morgan fingerprint density at radius 1 is 1.21 bits per heavy atom. The minimum atomic E-state index is -3.41. The van der Waals surface area contributed by atoms with Crippen molar-refractivity contribution in [2.24, 2.45) is 4.99 Å². The van der Waals surface area contributed by atoms with Gasteiger partial charge in [-0.1, -0.05) is 12.1 Å². The Morgan fingerprint density at radius 3 is 2.50 bits per heavy atom. The maximum Gasteiger partial charge on any atom is 0.240 e. The second-order valence-corrected chi connectivity index (χ2v) is 9.84. The number of thiazole rings is 1. The van der Waals surface area contributed by atoms with Crippen molar-refractivity contribution in [3.63, 3.8) is 0 Å². The van der Waals surface area contributed by atoms with E-state index >= 15 is 0 Å². The normalized spacial score (nSPS) is 14.9. The second-order valence-electron chi connectivity index (χ2n) is 6.84. The molecule has 152 valence electrons. The van der Waals surface area contributed by atoms with Crippen LogP contribution in [0.4, 0.5) is 0 Å². The standard InChI is InChI=1S/C19H27N5O2S2/c1-4-20-19(22-12-18-23-13(2)14(3)27-18)21-11-15-5-9-17(10-6-15)28(25,26)24-16-7-8-16/h5-6,9-10,16,24H,4,7-8,11-12H2,1-3H3,(H2,20,21,22). The van der Waals surface area contributed by atoms with Crippen molar-refractivity contribution < 1.29 is 8.42 Å². The number of nitrogens with one attached hydrogen (secondary N) is 3. The Bertz CT molecular complexity index is 912. The molecule has 0 atom stereocenters. The summed E-state index contributed by atoms with van der Waals surface area (Å²) in [5.74, 6) is 0.708. The summed E-state index contributed by atoms with van der Waals surface area (Å²) in [4.78, 5) is 10.6. The lowest BCUT2D eigenvalue weighted by molar-refractivity contribution is 0.581. The molecule has 1 aromatic carbocycles. The van der Waals surface area contributed by atoms with Crippen molar-refractivity contribution in [3.8, 4) is 0 Å². The van der Waals surface area contributed by atoms with Crippen molar-refractivity contribution in [1.29, 1.82) is 0 Å². The van der Waals surface area contributed by atoms with Gasteiger partial charge in [-0.05, 0) is 51.3 Å². The molecule has 0 bridgehead atoms. The van der Waals surface area contributed by atoms with Gasteiger partial charge < -0.3 is 10.6 Å². The molecule has 2 aromatic rings. The highest BCUT2D eigenvalue weighted by Gasteiger charge is 2.27. The van der Waals surface area contributed by atoms with E-state index in [4.69, 9.17) is 0 Å². The van der Waals surface area contributed by atoms with Gasteiger partial charge in [-0.3, -0.25) is 0 Å². The Morgan fingerprint density at radius 2 is 1.93 bits per heavy atom. The van der Waals surface area contributed by atoms with Gasteiger partial charge in [0.25, 0.3) is 0 Å². The minimum Gasteiger partial charge on any atom is -0.357 e. The highest BCUT2D eigenvalue weighted by Crippen LogP contribution is 2.22. The van der Waals surface area contributed by atoms with Gasteiger partial charge in [-0.15, -0.1) is 11.3 Å². The predicted octanol–water partition coefficient (Wildman–Crippen LogP) is 2.46. The van der Waals surface area contributed by atoms with E-state index in [1.165, 1.54) is 4.88 Å². The fourth-order valence-corrected chi connectivity index (χ4v) is 4.73. The van der Waals surface area contributed by atoms with Crippen molar-refractivity contribution in [2.45, 2.75) is 57.6 Å². The topological polar surface area (TPSA) is 95.5 Å². The molecule has 1 aromatic heterocycles. The molecular formula is C19H27N5O2S2. The number of hydrogen-bond acceptors (Lipinski definition) is 5. The Balaban J connectivity index is 1.60. The van der Waals surface area contributed by atoms with E-state index in [2.05, 4.69) is 32.3 Å². The number of aliphatic imine (C=N–C) groups is 1. The number of guanidine groups is 1. The van der Waals surface area contributed by atoms with Crippen LogP contribution >= 0.6 is 11.3 Å². The molecular weight excluding hydrogens is 394 g/mol. The van der Waals surface area contributed by atoms with Crippen LogP contribution in [0.3, 0.4) is 0 Å². The lowest BCUT2D eigenvalue weighted by Gasteiger charge is -2.10. The summed E-state index contributed by atoms with van der Waals surface area (Å²) in [6.45, 7) is 7.93. The molecule has 3 rings (SSSR count). The average molecular weight is 422 g/mol. The fraction of sp³-hybridized carbons (Fsp3) is 0.474. The van der Waals surface area contributed by atoms with Crippen LogP contribution in [0.5, 0.6) is 0 Å². The maximum absolute atomic E-state index is 12.2. The van der Waals surface area contributed by atoms with E-state index in [1.807, 2.05) is 26.0 Å². The maximum atomic E-state index is 12.2. The first-order valence-electron chi connectivity index (χ1n) is 9.43. The Kier molecular flexibility index (Phi) is 6.69. The van der Waals surface area contributed by atoms with Gasteiger partial charge in [0, 0.05) is 17.5 Å². The van der Waals surface area contributed by atoms with E-state index < -0.39 is 10.0 Å². The number of benzene rings is 1. The van der Waals surface area contributed by atoms with E-state index in [-0.39, 0.29) is 6.04 Å². The van der Waals surface area contributed by atoms with Gasteiger partial charge in [0.1, 0.15) is 5.01 Å². The number of sulfonamides is 1. The molecule has 0 aliphatic heterocycles. The summed E-state index contributed by atoms with van der Waals surface area (Å²) in [6, 6.07) is 6.99. The first-order chi connectivity index (χ1) is 13.4. The molecule has 0 unspecified atom stereocenters. The van der Waals surface area contributed by atoms with Gasteiger partial charge in [-0.2, -0.15) is 0 Å². The Hall–Kier alpha value is -1.97. The molecule has 28 heavy (non-hydrogen) atoms. The molecule has 1 aliphatic rings. The van der Waals surface area contributed by atoms with E-state index in [0.717, 1.165) is 35.7 Å². The minimum absolute atomic E-state index is 0.105. The summed E-state index contributed by atoms with van der Waals surface area (Å²) in [5, 5.41) is 7.54. The molecule has 0 radical (unpaired) electrons. The Labute approximate surface area is 170 Å². The number of nitrogens with zero attached hydrogens (tertiary/aromatic N) is 2. The molecule has 1 saturated carbocycles. The number of rotatable bonds is 8. The van der Waals surface area contributed by atoms with Crippen molar-refractivity contribution in [2.75, 3.05) is 6.54 Å². The third-order valence-corrected chi connectivity index (χ3v) is 6.99. The summed E-state index contributed by atoms with van der Waals surface area (Å²) in [5.41, 5.74) is 2.01. The van der Waals surface area contributed by atoms with Crippen molar-refractivity contribution in [1.82, 2.24) is 20.3 Å². The van der Waals surface area contributed by atoms with Crippen LogP contribution in [0.25, 0.3) is 0 Å². The molecule has 0 saturated heterocycles. The highest BCUT2D eigenvalue weighted by molar-refractivity contribution is 7.89. The highest BCUT2D eigenvalue weighted by atomic mass is 32.2. The molecule has 1 heterocycles. The molecule has 0 amide bonds. The second kappa shape index (κ2) is 9.02. The molecule has 0 spiro atoms. The van der Waals surface area contributed by atoms with Crippen molar-refractivity contribution >= 4 is 27.3 Å². The van der Waals surface area contributed by atoms with Gasteiger partial charge >= 0.3 is 0 Å². The van der Waals surface area contributed by atoms with Gasteiger partial charge in [-0.25, -0.2) is 23.1 Å². The SMILES string of the molecule is CCNC(=NCc1ccc(S(=O)(=O)NC2CC2)cc1)NCc1nc(C)c(C)s1. The summed E-state index contributed by atoms with van der Waals surface area (Å²) in [7, 11) is -3.41. The van der Waals surface area contributed by atoms with Crippen LogP contribution < -0.4 is 15.4 Å². The molecule has 1 fully saturated rings. The lowest BCUT2D eigenvalue weighted by Crippen LogP contribution is -2.36. The van der Waals surface area contributed by atoms with E-state index in [9.17, 15) is 8.42 Å². The molecule has 3 N–H and O–H groups in total. The zero-order chi connectivity index (χ0) is 20.1. The first-order valence-corrected chi connectivity index (χ1v) is 11.7. The van der Waals surface area contributed by atoms with Gasteiger partial charge in [0.15, 0.2) is 5.96 Å². The summed E-state index contributed by atoms with van der Waals surface area (Å²) in [6.07, 6.45) is 1.85. The quantitative estimate of drug-likeness (QED) is 0.449. The lowest BCUT2D eigenvalue weighted by atomic mass is 10.2. The van der Waals surface area contributed by atoms with Gasteiger partial charge in [0.05, 0.1) is 23.7 Å². The van der Waals surface area contributed by atoms with Crippen LogP contribution in [-0.4, -0.2) is 31.9 Å². The average Bonchev–Trinajstić information content (AvgIpc) is 3.40. The zero-order valence-corrected chi connectivity index (χ0v) is 18.1. The molecule has 9 heteroatoms. The third-order valence-electron chi connectivity index (χ3n) is 4.38.